The van der Waals surface area contributed by atoms with E-state index in [4.69, 9.17) is 5.84 Å². The Labute approximate surface area is 62.0 Å². The van der Waals surface area contributed by atoms with Crippen molar-refractivity contribution in [2.75, 3.05) is 0 Å². The minimum Gasteiger partial charge on any atom is -0.322 e. The van der Waals surface area contributed by atoms with Crippen molar-refractivity contribution in [1.82, 2.24) is 15.4 Å². The monoisotopic (exact) mass is 151 g/mol. The normalized spacial score (nSPS) is 11.3. The van der Waals surface area contributed by atoms with Gasteiger partial charge in [-0.3, -0.25) is 0 Å². The first-order chi connectivity index (χ1) is 5.43. The summed E-state index contributed by atoms with van der Waals surface area (Å²) in [7, 11) is 0. The molecule has 0 unspecified atom stereocenters. The lowest BCUT2D eigenvalue weighted by Crippen LogP contribution is -1.82. The Hall–Kier alpha value is -1.92. The molecule has 56 valence electrons. The van der Waals surface area contributed by atoms with Gasteiger partial charge in [0.25, 0.3) is 0 Å². The molecule has 0 aliphatic heterocycles. The van der Waals surface area contributed by atoms with Gasteiger partial charge in [-0.05, 0) is 5.21 Å². The Morgan fingerprint density at radius 3 is 3.09 bits per heavy atom. The Balaban J connectivity index is 2.64. The number of aromatic nitrogens is 3. The Morgan fingerprint density at radius 1 is 1.55 bits per heavy atom. The molecule has 0 atom stereocenters. The molecule has 1 heterocycles. The molecule has 0 saturated carbocycles. The van der Waals surface area contributed by atoms with Gasteiger partial charge in [0.15, 0.2) is 12.2 Å². The lowest BCUT2D eigenvalue weighted by molar-refractivity contribution is 0.859. The number of hydrazone groups is 1. The molecule has 1 aromatic heterocycles. The molecule has 1 aromatic rings. The van der Waals surface area contributed by atoms with Gasteiger partial charge in [0.2, 0.25) is 0 Å². The number of hydrogen-bond acceptors (Lipinski definition) is 6. The van der Waals surface area contributed by atoms with Crippen molar-refractivity contribution in [3.8, 4) is 0 Å². The molecule has 0 aromatic carbocycles. The fraction of sp³-hybridized carbons (Fsp3) is 0. The van der Waals surface area contributed by atoms with Crippen molar-refractivity contribution in [2.24, 2.45) is 21.2 Å². The maximum atomic E-state index is 4.76. The second-order valence-electron chi connectivity index (χ2n) is 1.46. The summed E-state index contributed by atoms with van der Waals surface area (Å²) in [4.78, 5) is 0. The van der Waals surface area contributed by atoms with E-state index in [-0.39, 0.29) is 0 Å². The van der Waals surface area contributed by atoms with Gasteiger partial charge in [-0.25, -0.2) is 0 Å². The average Bonchev–Trinajstić information content (AvgIpc) is 2.07. The van der Waals surface area contributed by atoms with Crippen LogP contribution in [0, 0.1) is 0 Å². The van der Waals surface area contributed by atoms with Crippen LogP contribution in [-0.4, -0.2) is 21.7 Å². The van der Waals surface area contributed by atoms with Crippen LogP contribution in [0.1, 0.15) is 0 Å². The lowest BCUT2D eigenvalue weighted by atomic mass is 10.6. The van der Waals surface area contributed by atoms with Gasteiger partial charge in [-0.1, -0.05) is 0 Å². The summed E-state index contributed by atoms with van der Waals surface area (Å²) in [6.45, 7) is 0. The van der Waals surface area contributed by atoms with Crippen molar-refractivity contribution in [2.45, 2.75) is 0 Å². The van der Waals surface area contributed by atoms with Crippen LogP contribution in [-0.2, 0) is 0 Å². The topological polar surface area (TPSA) is 102 Å². The second kappa shape index (κ2) is 3.99. The van der Waals surface area contributed by atoms with E-state index >= 15 is 0 Å². The van der Waals surface area contributed by atoms with Gasteiger partial charge in [-0.15, -0.1) is 20.4 Å². The van der Waals surface area contributed by atoms with Crippen LogP contribution in [0.5, 0.6) is 0 Å². The largest absolute Gasteiger partial charge is 0.322 e. The molecule has 1 rings (SSSR count). The molecular formula is C4H5N7. The molecule has 0 fully saturated rings. The number of hydrogen-bond donors (Lipinski definition) is 1. The zero-order valence-electron chi connectivity index (χ0n) is 5.49. The van der Waals surface area contributed by atoms with Crippen molar-refractivity contribution < 1.29 is 0 Å². The maximum absolute atomic E-state index is 4.76. The van der Waals surface area contributed by atoms with E-state index in [0.29, 0.717) is 5.82 Å². The third-order valence-corrected chi connectivity index (χ3v) is 0.768. The standard InChI is InChI=1S/C4H5N7/c5-6-3-8-9-4-1-2-7-11-10-4/h1-3H,5H2. The molecule has 2 N–H and O–H groups in total. The highest BCUT2D eigenvalue weighted by Gasteiger charge is 1.85. The number of azo groups is 1. The van der Waals surface area contributed by atoms with Crippen LogP contribution in [0.25, 0.3) is 0 Å². The van der Waals surface area contributed by atoms with Crippen LogP contribution < -0.4 is 5.84 Å². The third kappa shape index (κ3) is 2.43. The molecular weight excluding hydrogens is 146 g/mol. The van der Waals surface area contributed by atoms with Crippen molar-refractivity contribution >= 4 is 12.2 Å². The number of rotatable bonds is 2. The Bertz CT molecular complexity index is 252. The van der Waals surface area contributed by atoms with Crippen LogP contribution in [0.2, 0.25) is 0 Å². The summed E-state index contributed by atoms with van der Waals surface area (Å²) >= 11 is 0. The van der Waals surface area contributed by atoms with Gasteiger partial charge in [0.1, 0.15) is 0 Å². The van der Waals surface area contributed by atoms with E-state index < -0.39 is 0 Å². The lowest BCUT2D eigenvalue weighted by Gasteiger charge is -1.82. The Morgan fingerprint density at radius 2 is 2.45 bits per heavy atom. The summed E-state index contributed by atoms with van der Waals surface area (Å²) in [6.07, 6.45) is 2.56. The van der Waals surface area contributed by atoms with E-state index in [1.807, 2.05) is 0 Å². The van der Waals surface area contributed by atoms with Gasteiger partial charge >= 0.3 is 0 Å². The van der Waals surface area contributed by atoms with Crippen LogP contribution >= 0.6 is 0 Å². The highest BCUT2D eigenvalue weighted by molar-refractivity contribution is 5.54. The predicted octanol–water partition coefficient (Wildman–Crippen LogP) is -0.143. The Kier molecular flexibility index (Phi) is 2.61. The molecule has 0 bridgehead atoms. The van der Waals surface area contributed by atoms with Gasteiger partial charge in [-0.2, -0.15) is 5.10 Å². The highest BCUT2D eigenvalue weighted by atomic mass is 15.3. The smallest absolute Gasteiger partial charge is 0.199 e. The number of nitrogens with zero attached hydrogens (tertiary/aromatic N) is 6. The zero-order chi connectivity index (χ0) is 7.94. The van der Waals surface area contributed by atoms with Crippen molar-refractivity contribution in [1.29, 1.82) is 0 Å². The van der Waals surface area contributed by atoms with Crippen LogP contribution in [0.4, 0.5) is 5.82 Å². The first kappa shape index (κ1) is 7.19. The minimum atomic E-state index is 0.361. The summed E-state index contributed by atoms with van der Waals surface area (Å²) in [5, 5.41) is 20.4. The summed E-state index contributed by atoms with van der Waals surface area (Å²) < 4.78 is 0. The van der Waals surface area contributed by atoms with Crippen LogP contribution in [0.3, 0.4) is 0 Å². The molecule has 7 heteroatoms. The first-order valence-corrected chi connectivity index (χ1v) is 2.70. The fourth-order valence-corrected chi connectivity index (χ4v) is 0.403. The van der Waals surface area contributed by atoms with E-state index in [1.54, 1.807) is 6.07 Å². The number of nitrogens with two attached hydrogens (primary N) is 1. The molecule has 0 aliphatic carbocycles. The van der Waals surface area contributed by atoms with Crippen molar-refractivity contribution in [3.05, 3.63) is 12.3 Å². The van der Waals surface area contributed by atoms with E-state index in [9.17, 15) is 0 Å². The molecule has 0 radical (unpaired) electrons. The highest BCUT2D eigenvalue weighted by Crippen LogP contribution is 2.00. The van der Waals surface area contributed by atoms with E-state index in [1.165, 1.54) is 6.20 Å². The van der Waals surface area contributed by atoms with Crippen molar-refractivity contribution in [3.63, 3.8) is 0 Å². The van der Waals surface area contributed by atoms with Gasteiger partial charge in [0.05, 0.1) is 6.20 Å². The van der Waals surface area contributed by atoms with Gasteiger partial charge < -0.3 is 5.84 Å². The first-order valence-electron chi connectivity index (χ1n) is 2.70. The molecule has 0 aliphatic rings. The molecule has 7 nitrogen and oxygen atoms in total. The molecule has 11 heavy (non-hydrogen) atoms. The van der Waals surface area contributed by atoms with E-state index in [2.05, 4.69) is 30.7 Å². The quantitative estimate of drug-likeness (QED) is 0.209. The summed E-state index contributed by atoms with van der Waals surface area (Å²) in [6, 6.07) is 1.56. The maximum Gasteiger partial charge on any atom is 0.199 e. The second-order valence-corrected chi connectivity index (χ2v) is 1.46. The molecule has 0 saturated heterocycles. The molecule has 0 spiro atoms. The van der Waals surface area contributed by atoms with Gasteiger partial charge in [0, 0.05) is 6.07 Å². The fourth-order valence-electron chi connectivity index (χ4n) is 0.403. The zero-order valence-corrected chi connectivity index (χ0v) is 5.49. The summed E-state index contributed by atoms with van der Waals surface area (Å²) in [5.41, 5.74) is 0. The minimum absolute atomic E-state index is 0.361. The third-order valence-electron chi connectivity index (χ3n) is 0.768. The SMILES string of the molecule is NN=CN=Nc1ccnnn1. The molecule has 0 amide bonds. The van der Waals surface area contributed by atoms with Crippen LogP contribution in [0.15, 0.2) is 27.6 Å². The van der Waals surface area contributed by atoms with E-state index in [0.717, 1.165) is 6.34 Å². The predicted molar refractivity (Wildman–Crippen MR) is 37.0 cm³/mol. The summed E-state index contributed by atoms with van der Waals surface area (Å²) in [5.74, 6) is 5.12. The average molecular weight is 151 g/mol.